The third-order valence-corrected chi connectivity index (χ3v) is 9.92. The van der Waals surface area contributed by atoms with Gasteiger partial charge in [-0.2, -0.15) is 0 Å². The second kappa shape index (κ2) is 9.74. The normalized spacial score (nSPS) is 13.3. The van der Waals surface area contributed by atoms with Crippen molar-refractivity contribution >= 4 is 32.3 Å². The fourth-order valence-electron chi connectivity index (χ4n) is 7.86. The molecule has 1 heterocycles. The maximum absolute atomic E-state index is 4.88. The molecule has 0 fully saturated rings. The van der Waals surface area contributed by atoms with Crippen molar-refractivity contribution in [1.82, 2.24) is 4.98 Å². The van der Waals surface area contributed by atoms with Crippen molar-refractivity contribution < 1.29 is 0 Å². The molecule has 212 valence electrons. The average molecular weight is 574 g/mol. The maximum Gasteiger partial charge on any atom is 0.0714 e. The summed E-state index contributed by atoms with van der Waals surface area (Å²) in [6.07, 6.45) is 1.90. The van der Waals surface area contributed by atoms with Gasteiger partial charge in [-0.25, -0.2) is 0 Å². The Bertz CT molecular complexity index is 2440. The van der Waals surface area contributed by atoms with Crippen LogP contribution in [0.5, 0.6) is 0 Å². The third-order valence-electron chi connectivity index (χ3n) is 9.92. The topological polar surface area (TPSA) is 12.9 Å². The van der Waals surface area contributed by atoms with Crippen LogP contribution in [0.2, 0.25) is 0 Å². The van der Waals surface area contributed by atoms with Gasteiger partial charge in [-0.3, -0.25) is 4.98 Å². The first kappa shape index (κ1) is 25.9. The largest absolute Gasteiger partial charge is 0.256 e. The zero-order valence-corrected chi connectivity index (χ0v) is 25.4. The maximum atomic E-state index is 4.88. The lowest BCUT2D eigenvalue weighted by Crippen LogP contribution is -2.14. The zero-order chi connectivity index (χ0) is 30.1. The fraction of sp³-hybridized carbons (Fsp3) is 0.0682. The number of hydrogen-bond acceptors (Lipinski definition) is 1. The molecule has 0 radical (unpaired) electrons. The van der Waals surface area contributed by atoms with Crippen molar-refractivity contribution in [3.63, 3.8) is 0 Å². The Balaban J connectivity index is 1.46. The molecule has 1 heteroatoms. The van der Waals surface area contributed by atoms with Gasteiger partial charge in [0, 0.05) is 17.2 Å². The lowest BCUT2D eigenvalue weighted by atomic mass is 9.80. The summed E-state index contributed by atoms with van der Waals surface area (Å²) in [5.74, 6) is 0. The molecule has 0 unspecified atom stereocenters. The Morgan fingerprint density at radius 3 is 1.89 bits per heavy atom. The van der Waals surface area contributed by atoms with Crippen molar-refractivity contribution in [2.24, 2.45) is 0 Å². The first-order valence-corrected chi connectivity index (χ1v) is 15.7. The lowest BCUT2D eigenvalue weighted by Gasteiger charge is -2.23. The first-order chi connectivity index (χ1) is 22.1. The summed E-state index contributed by atoms with van der Waals surface area (Å²) in [7, 11) is 0. The van der Waals surface area contributed by atoms with E-state index in [1.165, 1.54) is 82.4 Å². The van der Waals surface area contributed by atoms with E-state index in [-0.39, 0.29) is 5.41 Å². The number of nitrogens with zero attached hydrogens (tertiary/aromatic N) is 1. The minimum absolute atomic E-state index is 0.0739. The number of hydrogen-bond donors (Lipinski definition) is 0. The number of pyridine rings is 1. The van der Waals surface area contributed by atoms with Crippen molar-refractivity contribution in [1.29, 1.82) is 0 Å². The van der Waals surface area contributed by atoms with E-state index in [1.54, 1.807) is 0 Å². The highest BCUT2D eigenvalue weighted by Crippen LogP contribution is 2.54. The smallest absolute Gasteiger partial charge is 0.0714 e. The number of benzene rings is 7. The molecule has 0 aliphatic heterocycles. The highest BCUT2D eigenvalue weighted by atomic mass is 14.7. The molecular weight excluding hydrogens is 542 g/mol. The Kier molecular flexibility index (Phi) is 5.61. The van der Waals surface area contributed by atoms with Gasteiger partial charge < -0.3 is 0 Å². The predicted molar refractivity (Wildman–Crippen MR) is 191 cm³/mol. The quantitative estimate of drug-likeness (QED) is 0.192. The molecule has 9 rings (SSSR count). The molecule has 8 aromatic rings. The lowest BCUT2D eigenvalue weighted by molar-refractivity contribution is 0.660. The summed E-state index contributed by atoms with van der Waals surface area (Å²) in [6, 6.07) is 53.4. The monoisotopic (exact) mass is 573 g/mol. The Labute approximate surface area is 263 Å². The number of fused-ring (bicyclic) bond motifs is 6. The van der Waals surface area contributed by atoms with Gasteiger partial charge in [-0.1, -0.05) is 141 Å². The first-order valence-electron chi connectivity index (χ1n) is 15.7. The minimum Gasteiger partial charge on any atom is -0.256 e. The molecular formula is C44H31N. The van der Waals surface area contributed by atoms with Crippen molar-refractivity contribution in [2.45, 2.75) is 19.3 Å². The van der Waals surface area contributed by atoms with Crippen molar-refractivity contribution in [3.05, 3.63) is 163 Å². The molecule has 0 bridgehead atoms. The summed E-state index contributed by atoms with van der Waals surface area (Å²) >= 11 is 0. The SMILES string of the molecule is CC1(C)c2ccccc2-c2c(-c3c4ccccc4c(-c4ccccn4)c4ccc(-c5cccc6ccccc56)cc34)cccc21. The van der Waals surface area contributed by atoms with Gasteiger partial charge in [0.15, 0.2) is 0 Å². The van der Waals surface area contributed by atoms with Gasteiger partial charge in [0.1, 0.15) is 0 Å². The fourth-order valence-corrected chi connectivity index (χ4v) is 7.86. The summed E-state index contributed by atoms with van der Waals surface area (Å²) in [5.41, 5.74) is 12.6. The highest BCUT2D eigenvalue weighted by Gasteiger charge is 2.37. The molecule has 45 heavy (non-hydrogen) atoms. The Morgan fingerprint density at radius 2 is 1.04 bits per heavy atom. The molecule has 0 N–H and O–H groups in total. The van der Waals surface area contributed by atoms with Gasteiger partial charge in [-0.15, -0.1) is 0 Å². The van der Waals surface area contributed by atoms with E-state index in [4.69, 9.17) is 4.98 Å². The van der Waals surface area contributed by atoms with Gasteiger partial charge in [0.25, 0.3) is 0 Å². The van der Waals surface area contributed by atoms with E-state index in [0.29, 0.717) is 0 Å². The van der Waals surface area contributed by atoms with Gasteiger partial charge >= 0.3 is 0 Å². The Morgan fingerprint density at radius 1 is 0.422 bits per heavy atom. The summed E-state index contributed by atoms with van der Waals surface area (Å²) in [4.78, 5) is 4.88. The predicted octanol–water partition coefficient (Wildman–Crippen LogP) is 11.8. The van der Waals surface area contributed by atoms with Crippen LogP contribution in [0.1, 0.15) is 25.0 Å². The number of rotatable bonds is 3. The zero-order valence-electron chi connectivity index (χ0n) is 25.4. The molecule has 0 saturated heterocycles. The molecule has 7 aromatic carbocycles. The Hall–Kier alpha value is -5.53. The van der Waals surface area contributed by atoms with Crippen LogP contribution in [0.4, 0.5) is 0 Å². The minimum atomic E-state index is -0.0739. The van der Waals surface area contributed by atoms with Gasteiger partial charge in [0.05, 0.1) is 5.69 Å². The molecule has 1 aliphatic rings. The van der Waals surface area contributed by atoms with Gasteiger partial charge in [-0.05, 0) is 95.0 Å². The van der Waals surface area contributed by atoms with Crippen LogP contribution in [-0.4, -0.2) is 4.98 Å². The van der Waals surface area contributed by atoms with E-state index in [1.807, 2.05) is 12.3 Å². The molecule has 0 amide bonds. The second-order valence-electron chi connectivity index (χ2n) is 12.7. The van der Waals surface area contributed by atoms with E-state index < -0.39 is 0 Å². The van der Waals surface area contributed by atoms with E-state index in [9.17, 15) is 0 Å². The van der Waals surface area contributed by atoms with Crippen molar-refractivity contribution in [2.75, 3.05) is 0 Å². The van der Waals surface area contributed by atoms with Crippen LogP contribution in [-0.2, 0) is 5.41 Å². The second-order valence-corrected chi connectivity index (χ2v) is 12.7. The van der Waals surface area contributed by atoms with Crippen molar-refractivity contribution in [3.8, 4) is 44.6 Å². The summed E-state index contributed by atoms with van der Waals surface area (Å²) in [5, 5.41) is 7.45. The highest BCUT2D eigenvalue weighted by molar-refractivity contribution is 6.23. The van der Waals surface area contributed by atoms with E-state index >= 15 is 0 Å². The molecule has 1 nitrogen and oxygen atoms in total. The van der Waals surface area contributed by atoms with Crippen LogP contribution in [0.25, 0.3) is 77.0 Å². The molecule has 0 atom stereocenters. The molecule has 1 aliphatic carbocycles. The molecule has 1 aromatic heterocycles. The summed E-state index contributed by atoms with van der Waals surface area (Å²) in [6.45, 7) is 4.72. The van der Waals surface area contributed by atoms with E-state index in [2.05, 4.69) is 153 Å². The van der Waals surface area contributed by atoms with Crippen LogP contribution >= 0.6 is 0 Å². The van der Waals surface area contributed by atoms with Crippen LogP contribution in [0.15, 0.2) is 152 Å². The summed E-state index contributed by atoms with van der Waals surface area (Å²) < 4.78 is 0. The average Bonchev–Trinajstić information content (AvgIpc) is 3.33. The third kappa shape index (κ3) is 3.77. The number of aromatic nitrogens is 1. The van der Waals surface area contributed by atoms with Crippen LogP contribution in [0, 0.1) is 0 Å². The molecule has 0 spiro atoms. The van der Waals surface area contributed by atoms with Gasteiger partial charge in [0.2, 0.25) is 0 Å². The van der Waals surface area contributed by atoms with E-state index in [0.717, 1.165) is 5.69 Å². The van der Waals surface area contributed by atoms with Crippen LogP contribution in [0.3, 0.4) is 0 Å². The molecule has 0 saturated carbocycles. The standard InChI is InChI=1S/C44H31N/c1-44(2)38-21-8-7-18-35(38)42-36(20-12-22-39(42)44)41-32-16-5-6-17-33(32)43(40-23-9-10-26-45-40)34-25-24-29(27-37(34)41)31-19-11-14-28-13-3-4-15-30(28)31/h3-27H,1-2H3. The van der Waals surface area contributed by atoms with Crippen LogP contribution < -0.4 is 0 Å².